The maximum atomic E-state index is 13.3. The molecular formula is C33H38N2O4S2. The molecule has 2 aliphatic rings. The van der Waals surface area contributed by atoms with Gasteiger partial charge in [0, 0.05) is 42.0 Å². The fraction of sp³-hybridized carbons (Fsp3) is 0.364. The normalized spacial score (nSPS) is 17.0. The summed E-state index contributed by atoms with van der Waals surface area (Å²) in [7, 11) is -1.37. The molecule has 3 aromatic rings. The number of nitrogens with zero attached hydrogens (tertiary/aromatic N) is 1. The first-order valence-corrected chi connectivity index (χ1v) is 17.0. The van der Waals surface area contributed by atoms with Gasteiger partial charge in [0.1, 0.15) is 0 Å². The summed E-state index contributed by atoms with van der Waals surface area (Å²) in [6.45, 7) is 4.62. The van der Waals surface area contributed by atoms with E-state index >= 15 is 0 Å². The summed E-state index contributed by atoms with van der Waals surface area (Å²) in [4.78, 5) is 17.1. The molecule has 2 aliphatic heterocycles. The number of anilines is 1. The molecule has 0 radical (unpaired) electrons. The molecule has 1 saturated heterocycles. The second-order valence-corrected chi connectivity index (χ2v) is 14.0. The SMILES string of the molecule is CCCSc1ccccc1-c1ccc2c(c1)C=C(C(=O)Nc1ccc(CN(C)C3CCOCC3)cc1)CCS2(=O)=O. The van der Waals surface area contributed by atoms with Gasteiger partial charge < -0.3 is 10.1 Å². The van der Waals surface area contributed by atoms with E-state index in [0.29, 0.717) is 22.9 Å². The first-order chi connectivity index (χ1) is 19.8. The van der Waals surface area contributed by atoms with Crippen LogP contribution < -0.4 is 5.32 Å². The number of sulfone groups is 1. The van der Waals surface area contributed by atoms with Gasteiger partial charge in [-0.1, -0.05) is 43.3 Å². The van der Waals surface area contributed by atoms with E-state index in [9.17, 15) is 13.2 Å². The monoisotopic (exact) mass is 590 g/mol. The molecule has 3 aromatic carbocycles. The number of rotatable bonds is 9. The predicted molar refractivity (Wildman–Crippen MR) is 168 cm³/mol. The van der Waals surface area contributed by atoms with Gasteiger partial charge in [-0.3, -0.25) is 9.69 Å². The molecular weight excluding hydrogens is 553 g/mol. The van der Waals surface area contributed by atoms with Gasteiger partial charge in [0.05, 0.1) is 10.6 Å². The Labute approximate surface area is 248 Å². The van der Waals surface area contributed by atoms with Crippen molar-refractivity contribution < 1.29 is 17.9 Å². The maximum absolute atomic E-state index is 13.3. The Morgan fingerprint density at radius 2 is 1.80 bits per heavy atom. The minimum atomic E-state index is -3.52. The van der Waals surface area contributed by atoms with Crippen LogP contribution in [0, 0.1) is 0 Å². The number of ether oxygens (including phenoxy) is 1. The fourth-order valence-corrected chi connectivity index (χ4v) is 7.80. The van der Waals surface area contributed by atoms with Gasteiger partial charge in [-0.05, 0) is 97.1 Å². The summed E-state index contributed by atoms with van der Waals surface area (Å²) in [5, 5.41) is 2.98. The summed E-state index contributed by atoms with van der Waals surface area (Å²) in [6, 6.07) is 22.1. The average molecular weight is 591 g/mol. The van der Waals surface area contributed by atoms with Gasteiger partial charge in [0.15, 0.2) is 9.84 Å². The number of nitrogens with one attached hydrogen (secondary N) is 1. The van der Waals surface area contributed by atoms with Gasteiger partial charge in [0.25, 0.3) is 5.91 Å². The van der Waals surface area contributed by atoms with Crippen LogP contribution in [0.25, 0.3) is 17.2 Å². The van der Waals surface area contributed by atoms with Crippen LogP contribution in [-0.4, -0.2) is 57.0 Å². The topological polar surface area (TPSA) is 75.7 Å². The largest absolute Gasteiger partial charge is 0.381 e. The number of hydrogen-bond donors (Lipinski definition) is 1. The standard InChI is InChI=1S/C33H38N2O4S2/c1-3-19-40-31-7-5-4-6-30(31)25-10-13-32-27(21-25)22-26(16-20-41(32,37)38)33(36)34-28-11-8-24(9-12-28)23-35(2)29-14-17-39-18-15-29/h4-13,21-22,29H,3,14-20,23H2,1-2H3,(H,34,36). The zero-order valence-electron chi connectivity index (χ0n) is 23.8. The van der Waals surface area contributed by atoms with Gasteiger partial charge in [-0.2, -0.15) is 0 Å². The lowest BCUT2D eigenvalue weighted by atomic mass is 10.0. The molecule has 1 fully saturated rings. The highest BCUT2D eigenvalue weighted by Gasteiger charge is 2.25. The Balaban J connectivity index is 1.34. The molecule has 41 heavy (non-hydrogen) atoms. The van der Waals surface area contributed by atoms with Crippen LogP contribution in [0.2, 0.25) is 0 Å². The smallest absolute Gasteiger partial charge is 0.251 e. The Kier molecular flexibility index (Phi) is 9.65. The summed E-state index contributed by atoms with van der Waals surface area (Å²) in [6.07, 6.45) is 5.07. The predicted octanol–water partition coefficient (Wildman–Crippen LogP) is 6.67. The minimum absolute atomic E-state index is 0.0982. The van der Waals surface area contributed by atoms with Crippen LogP contribution in [0.4, 0.5) is 5.69 Å². The van der Waals surface area contributed by atoms with Crippen LogP contribution >= 0.6 is 11.8 Å². The van der Waals surface area contributed by atoms with Crippen molar-refractivity contribution in [1.82, 2.24) is 4.90 Å². The number of carbonyl (C=O) groups excluding carboxylic acids is 1. The Hall–Kier alpha value is -2.91. The molecule has 0 unspecified atom stereocenters. The van der Waals surface area contributed by atoms with Crippen LogP contribution in [0.15, 0.2) is 82.1 Å². The second kappa shape index (κ2) is 13.4. The van der Waals surface area contributed by atoms with Crippen LogP contribution in [-0.2, 0) is 25.9 Å². The van der Waals surface area contributed by atoms with E-state index in [4.69, 9.17) is 4.74 Å². The Morgan fingerprint density at radius 1 is 1.05 bits per heavy atom. The average Bonchev–Trinajstić information content (AvgIpc) is 3.12. The third kappa shape index (κ3) is 7.30. The van der Waals surface area contributed by atoms with E-state index in [1.165, 1.54) is 5.56 Å². The van der Waals surface area contributed by atoms with Crippen molar-refractivity contribution in [2.24, 2.45) is 0 Å². The van der Waals surface area contributed by atoms with Crippen molar-refractivity contribution in [2.75, 3.05) is 37.1 Å². The quantitative estimate of drug-likeness (QED) is 0.281. The number of thioether (sulfide) groups is 1. The molecule has 0 bridgehead atoms. The van der Waals surface area contributed by atoms with Crippen LogP contribution in [0.1, 0.15) is 43.7 Å². The lowest BCUT2D eigenvalue weighted by molar-refractivity contribution is -0.112. The Morgan fingerprint density at radius 3 is 2.56 bits per heavy atom. The summed E-state index contributed by atoms with van der Waals surface area (Å²) in [5.41, 5.74) is 4.90. The number of carbonyl (C=O) groups is 1. The molecule has 5 rings (SSSR count). The lowest BCUT2D eigenvalue weighted by Crippen LogP contribution is -2.36. The molecule has 6 nitrogen and oxygen atoms in total. The van der Waals surface area contributed by atoms with E-state index in [1.54, 1.807) is 23.9 Å². The van der Waals surface area contributed by atoms with Crippen molar-refractivity contribution in [3.8, 4) is 11.1 Å². The van der Waals surface area contributed by atoms with E-state index in [2.05, 4.69) is 36.3 Å². The van der Waals surface area contributed by atoms with Gasteiger partial charge >= 0.3 is 0 Å². The maximum Gasteiger partial charge on any atom is 0.251 e. The molecule has 0 atom stereocenters. The first-order valence-electron chi connectivity index (χ1n) is 14.3. The molecule has 0 saturated carbocycles. The molecule has 1 amide bonds. The third-order valence-electron chi connectivity index (χ3n) is 7.72. The van der Waals surface area contributed by atoms with E-state index < -0.39 is 9.84 Å². The lowest BCUT2D eigenvalue weighted by Gasteiger charge is -2.31. The van der Waals surface area contributed by atoms with Gasteiger partial charge in [-0.15, -0.1) is 11.8 Å². The third-order valence-corrected chi connectivity index (χ3v) is 10.8. The molecule has 0 aromatic heterocycles. The van der Waals surface area contributed by atoms with E-state index in [-0.39, 0.29) is 23.0 Å². The van der Waals surface area contributed by atoms with Crippen molar-refractivity contribution >= 4 is 39.3 Å². The summed E-state index contributed by atoms with van der Waals surface area (Å²) >= 11 is 1.80. The van der Waals surface area contributed by atoms with Crippen molar-refractivity contribution in [3.63, 3.8) is 0 Å². The van der Waals surface area contributed by atoms with Gasteiger partial charge in [-0.25, -0.2) is 8.42 Å². The highest BCUT2D eigenvalue weighted by Crippen LogP contribution is 2.35. The fourth-order valence-electron chi connectivity index (χ4n) is 5.40. The molecule has 0 spiro atoms. The highest BCUT2D eigenvalue weighted by atomic mass is 32.2. The minimum Gasteiger partial charge on any atom is -0.381 e. The van der Waals surface area contributed by atoms with Crippen LogP contribution in [0.3, 0.4) is 0 Å². The molecule has 8 heteroatoms. The van der Waals surface area contributed by atoms with Crippen LogP contribution in [0.5, 0.6) is 0 Å². The number of fused-ring (bicyclic) bond motifs is 1. The Bertz CT molecular complexity index is 1510. The number of benzene rings is 3. The number of hydrogen-bond acceptors (Lipinski definition) is 6. The van der Waals surface area contributed by atoms with E-state index in [0.717, 1.165) is 60.8 Å². The zero-order valence-corrected chi connectivity index (χ0v) is 25.4. The number of amides is 1. The van der Waals surface area contributed by atoms with Crippen molar-refractivity contribution in [2.45, 2.75) is 55.0 Å². The summed E-state index contributed by atoms with van der Waals surface area (Å²) < 4.78 is 31.7. The molecule has 1 N–H and O–H groups in total. The second-order valence-electron chi connectivity index (χ2n) is 10.7. The summed E-state index contributed by atoms with van der Waals surface area (Å²) in [5.74, 6) is 0.636. The molecule has 0 aliphatic carbocycles. The zero-order chi connectivity index (χ0) is 28.8. The van der Waals surface area contributed by atoms with Crippen molar-refractivity contribution in [1.29, 1.82) is 0 Å². The highest BCUT2D eigenvalue weighted by molar-refractivity contribution is 7.99. The van der Waals surface area contributed by atoms with Gasteiger partial charge in [0.2, 0.25) is 0 Å². The molecule has 216 valence electrons. The first kappa shape index (κ1) is 29.6. The molecule has 2 heterocycles. The van der Waals surface area contributed by atoms with Crippen molar-refractivity contribution in [3.05, 3.63) is 83.4 Å². The van der Waals surface area contributed by atoms with E-state index in [1.807, 2.05) is 48.5 Å².